The number of rotatable bonds is 4. The average molecular weight is 507 g/mol. The van der Waals surface area contributed by atoms with Crippen molar-refractivity contribution in [2.75, 3.05) is 31.1 Å². The van der Waals surface area contributed by atoms with E-state index in [1.54, 1.807) is 24.3 Å². The highest BCUT2D eigenvalue weighted by atomic mass is 35.5. The van der Waals surface area contributed by atoms with Crippen LogP contribution in [-0.2, 0) is 0 Å². The molecule has 0 radical (unpaired) electrons. The van der Waals surface area contributed by atoms with Crippen LogP contribution in [0.4, 0.5) is 11.4 Å². The molecule has 1 aliphatic rings. The lowest BCUT2D eigenvalue weighted by Crippen LogP contribution is -2.48. The summed E-state index contributed by atoms with van der Waals surface area (Å²) in [6.45, 7) is 2.33. The maximum Gasteiger partial charge on any atom is 0.269 e. The number of hydrogen-bond donors (Lipinski definition) is 0. The lowest BCUT2D eigenvalue weighted by Gasteiger charge is -2.36. The Bertz CT molecular complexity index is 1430. The predicted octanol–water partition coefficient (Wildman–Crippen LogP) is 6.08. The van der Waals surface area contributed by atoms with Crippen molar-refractivity contribution in [3.05, 3.63) is 98.5 Å². The molecule has 0 saturated carbocycles. The Morgan fingerprint density at radius 2 is 1.60 bits per heavy atom. The number of amides is 1. The van der Waals surface area contributed by atoms with E-state index in [1.165, 1.54) is 12.1 Å². The monoisotopic (exact) mass is 506 g/mol. The minimum absolute atomic E-state index is 0.0601. The van der Waals surface area contributed by atoms with Gasteiger partial charge in [-0.15, -0.1) is 0 Å². The van der Waals surface area contributed by atoms with Crippen molar-refractivity contribution < 1.29 is 9.72 Å². The van der Waals surface area contributed by atoms with Gasteiger partial charge in [0.05, 0.1) is 31.7 Å². The molecule has 0 bridgehead atoms. The first-order valence-corrected chi connectivity index (χ1v) is 11.8. The Kier molecular flexibility index (Phi) is 6.28. The van der Waals surface area contributed by atoms with Gasteiger partial charge in [-0.3, -0.25) is 14.9 Å². The number of anilines is 1. The van der Waals surface area contributed by atoms with Gasteiger partial charge in [0.25, 0.3) is 11.6 Å². The van der Waals surface area contributed by atoms with E-state index < -0.39 is 4.92 Å². The minimum atomic E-state index is -0.411. The number of nitrogens with zero attached hydrogens (tertiary/aromatic N) is 4. The van der Waals surface area contributed by atoms with Gasteiger partial charge in [0.1, 0.15) is 0 Å². The average Bonchev–Trinajstić information content (AvgIpc) is 2.89. The van der Waals surface area contributed by atoms with Crippen molar-refractivity contribution in [1.82, 2.24) is 9.88 Å². The normalized spacial score (nSPS) is 13.8. The number of hydrogen-bond acceptors (Lipinski definition) is 5. The second-order valence-electron chi connectivity index (χ2n) is 8.25. The number of halogens is 2. The second-order valence-corrected chi connectivity index (χ2v) is 9.07. The topological polar surface area (TPSA) is 79.6 Å². The quantitative estimate of drug-likeness (QED) is 0.247. The molecule has 2 heterocycles. The van der Waals surface area contributed by atoms with Crippen molar-refractivity contribution in [2.45, 2.75) is 0 Å². The molecular weight excluding hydrogens is 487 g/mol. The highest BCUT2D eigenvalue weighted by Gasteiger charge is 2.25. The van der Waals surface area contributed by atoms with Crippen LogP contribution in [0.25, 0.3) is 22.2 Å². The number of nitro benzene ring substituents is 1. The summed E-state index contributed by atoms with van der Waals surface area (Å²) >= 11 is 12.3. The Balaban J connectivity index is 1.40. The molecule has 5 rings (SSSR count). The Morgan fingerprint density at radius 1 is 0.886 bits per heavy atom. The number of carbonyl (C=O) groups excluding carboxylic acids is 1. The summed E-state index contributed by atoms with van der Waals surface area (Å²) in [5.41, 5.74) is 3.70. The van der Waals surface area contributed by atoms with Crippen LogP contribution in [0.1, 0.15) is 10.4 Å². The molecule has 1 saturated heterocycles. The molecule has 0 aliphatic carbocycles. The fourth-order valence-corrected chi connectivity index (χ4v) is 4.58. The molecular formula is C26H20Cl2N4O3. The van der Waals surface area contributed by atoms with Crippen LogP contribution in [0, 0.1) is 10.1 Å². The van der Waals surface area contributed by atoms with Gasteiger partial charge in [-0.2, -0.15) is 0 Å². The number of carbonyl (C=O) groups is 1. The molecule has 1 fully saturated rings. The first kappa shape index (κ1) is 23.1. The zero-order valence-corrected chi connectivity index (χ0v) is 20.0. The van der Waals surface area contributed by atoms with E-state index in [2.05, 4.69) is 4.90 Å². The smallest absolute Gasteiger partial charge is 0.269 e. The summed E-state index contributed by atoms with van der Waals surface area (Å²) < 4.78 is 0. The van der Waals surface area contributed by atoms with Gasteiger partial charge in [-0.25, -0.2) is 4.98 Å². The molecule has 7 nitrogen and oxygen atoms in total. The Morgan fingerprint density at radius 3 is 2.29 bits per heavy atom. The number of benzene rings is 3. The largest absolute Gasteiger partial charge is 0.368 e. The highest BCUT2D eigenvalue weighted by molar-refractivity contribution is 6.42. The third-order valence-electron chi connectivity index (χ3n) is 6.15. The van der Waals surface area contributed by atoms with Gasteiger partial charge in [0.2, 0.25) is 0 Å². The maximum atomic E-state index is 13.6. The number of aromatic nitrogens is 1. The van der Waals surface area contributed by atoms with Crippen molar-refractivity contribution in [2.24, 2.45) is 0 Å². The first-order chi connectivity index (χ1) is 16.9. The molecule has 0 atom stereocenters. The second kappa shape index (κ2) is 9.52. The van der Waals surface area contributed by atoms with Crippen LogP contribution >= 0.6 is 23.2 Å². The number of fused-ring (bicyclic) bond motifs is 1. The number of non-ortho nitro benzene ring substituents is 1. The van der Waals surface area contributed by atoms with Crippen LogP contribution in [0.2, 0.25) is 10.0 Å². The van der Waals surface area contributed by atoms with Gasteiger partial charge in [0, 0.05) is 54.9 Å². The van der Waals surface area contributed by atoms with E-state index >= 15 is 0 Å². The van der Waals surface area contributed by atoms with Crippen molar-refractivity contribution >= 4 is 51.4 Å². The van der Waals surface area contributed by atoms with Crippen molar-refractivity contribution in [1.29, 1.82) is 0 Å². The number of nitro groups is 1. The molecule has 0 N–H and O–H groups in total. The molecule has 4 aromatic rings. The van der Waals surface area contributed by atoms with Gasteiger partial charge < -0.3 is 9.80 Å². The van der Waals surface area contributed by atoms with Crippen LogP contribution < -0.4 is 4.90 Å². The van der Waals surface area contributed by atoms with E-state index in [0.717, 1.165) is 22.2 Å². The molecule has 0 spiro atoms. The molecule has 9 heteroatoms. The van der Waals surface area contributed by atoms with Crippen LogP contribution in [0.15, 0.2) is 72.8 Å². The molecule has 1 aliphatic heterocycles. The van der Waals surface area contributed by atoms with Crippen LogP contribution in [-0.4, -0.2) is 46.9 Å². The van der Waals surface area contributed by atoms with E-state index in [-0.39, 0.29) is 11.6 Å². The van der Waals surface area contributed by atoms with Crippen LogP contribution in [0.5, 0.6) is 0 Å². The van der Waals surface area contributed by atoms with Gasteiger partial charge >= 0.3 is 0 Å². The maximum absolute atomic E-state index is 13.6. The summed E-state index contributed by atoms with van der Waals surface area (Å²) in [5, 5.41) is 12.6. The predicted molar refractivity (Wildman–Crippen MR) is 138 cm³/mol. The third kappa shape index (κ3) is 4.65. The zero-order chi connectivity index (χ0) is 24.5. The first-order valence-electron chi connectivity index (χ1n) is 11.0. The highest BCUT2D eigenvalue weighted by Crippen LogP contribution is 2.31. The van der Waals surface area contributed by atoms with Gasteiger partial charge in [0.15, 0.2) is 0 Å². The summed E-state index contributed by atoms with van der Waals surface area (Å²) in [7, 11) is 0. The molecule has 3 aromatic carbocycles. The lowest BCUT2D eigenvalue weighted by molar-refractivity contribution is -0.384. The van der Waals surface area contributed by atoms with E-state index in [4.69, 9.17) is 28.2 Å². The van der Waals surface area contributed by atoms with E-state index in [0.29, 0.717) is 47.5 Å². The van der Waals surface area contributed by atoms with Gasteiger partial charge in [-0.05, 0) is 36.4 Å². The minimum Gasteiger partial charge on any atom is -0.368 e. The summed E-state index contributed by atoms with van der Waals surface area (Å²) in [6.07, 6.45) is 0. The standard InChI is InChI=1S/C26H20Cl2N4O3/c27-22-10-5-17(15-23(22)28)25-16-21(20-3-1-2-4-24(20)29-25)26(33)31-13-11-30(12-14-31)18-6-8-19(9-7-18)32(34)35/h1-10,15-16H,11-14H2. The molecule has 35 heavy (non-hydrogen) atoms. The Labute approximate surface area is 211 Å². The summed E-state index contributed by atoms with van der Waals surface area (Å²) in [4.78, 5) is 32.8. The number of para-hydroxylation sites is 1. The molecule has 1 aromatic heterocycles. The van der Waals surface area contributed by atoms with Gasteiger partial charge in [-0.1, -0.05) is 47.5 Å². The fraction of sp³-hybridized carbons (Fsp3) is 0.154. The fourth-order valence-electron chi connectivity index (χ4n) is 4.28. The van der Waals surface area contributed by atoms with Crippen LogP contribution in [0.3, 0.4) is 0 Å². The SMILES string of the molecule is O=C(c1cc(-c2ccc(Cl)c(Cl)c2)nc2ccccc12)N1CCN(c2ccc([N+](=O)[O-])cc2)CC1. The molecule has 1 amide bonds. The van der Waals surface area contributed by atoms with Crippen molar-refractivity contribution in [3.63, 3.8) is 0 Å². The zero-order valence-electron chi connectivity index (χ0n) is 18.5. The summed E-state index contributed by atoms with van der Waals surface area (Å²) in [5.74, 6) is -0.0618. The number of piperazine rings is 1. The molecule has 0 unspecified atom stereocenters. The van der Waals surface area contributed by atoms with E-state index in [1.807, 2.05) is 41.3 Å². The number of pyridine rings is 1. The Hall–Kier alpha value is -3.68. The summed E-state index contributed by atoms with van der Waals surface area (Å²) in [6, 6.07) is 21.2. The van der Waals surface area contributed by atoms with E-state index in [9.17, 15) is 14.9 Å². The molecule has 176 valence electrons. The van der Waals surface area contributed by atoms with Crippen molar-refractivity contribution in [3.8, 4) is 11.3 Å². The third-order valence-corrected chi connectivity index (χ3v) is 6.89. The lowest BCUT2D eigenvalue weighted by atomic mass is 10.0.